The molecule has 4 aromatic rings. The Morgan fingerprint density at radius 2 is 1.83 bits per heavy atom. The van der Waals surface area contributed by atoms with Gasteiger partial charge < -0.3 is 14.9 Å². The number of nitrogens with one attached hydrogen (secondary N) is 2. The summed E-state index contributed by atoms with van der Waals surface area (Å²) >= 11 is 0. The summed E-state index contributed by atoms with van der Waals surface area (Å²) in [6.07, 6.45) is 4.80. The Balaban J connectivity index is 1.25. The van der Waals surface area contributed by atoms with Crippen molar-refractivity contribution >= 4 is 21.8 Å². The summed E-state index contributed by atoms with van der Waals surface area (Å²) in [5, 5.41) is 1.35. The molecule has 2 aromatic heterocycles. The monoisotopic (exact) mass is 408 g/mol. The Labute approximate surface area is 171 Å². The molecule has 30 heavy (non-hydrogen) atoms. The zero-order chi connectivity index (χ0) is 20.7. The topological polar surface area (TPSA) is 64.8 Å². The average Bonchev–Trinajstić information content (AvgIpc) is 3.17. The van der Waals surface area contributed by atoms with Gasteiger partial charge >= 0.3 is 0 Å². The third-order valence-corrected chi connectivity index (χ3v) is 6.11. The third kappa shape index (κ3) is 3.50. The van der Waals surface area contributed by atoms with E-state index in [1.54, 1.807) is 0 Å². The number of aromatic amines is 2. The van der Waals surface area contributed by atoms with E-state index in [9.17, 15) is 13.6 Å². The lowest BCUT2D eigenvalue weighted by atomic mass is 9.95. The molecule has 0 saturated carbocycles. The van der Waals surface area contributed by atoms with Crippen LogP contribution in [0.3, 0.4) is 0 Å². The van der Waals surface area contributed by atoms with Crippen LogP contribution in [0.4, 0.5) is 8.78 Å². The quantitative estimate of drug-likeness (QED) is 0.534. The maximum absolute atomic E-state index is 13.6. The van der Waals surface area contributed by atoms with Crippen molar-refractivity contribution in [2.75, 3.05) is 19.6 Å². The molecule has 2 aromatic carbocycles. The Hall–Kier alpha value is -3.06. The SMILES string of the molecule is O=c1[nH]c(C2CCN(CCc3c[nH]c4ccccc34)CC2)nc2cc(F)c(F)cc12. The van der Waals surface area contributed by atoms with Crippen LogP contribution in [-0.4, -0.2) is 39.5 Å². The van der Waals surface area contributed by atoms with Gasteiger partial charge in [-0.1, -0.05) is 18.2 Å². The molecule has 0 bridgehead atoms. The minimum atomic E-state index is -1.04. The number of rotatable bonds is 4. The molecule has 5 rings (SSSR count). The maximum atomic E-state index is 13.6. The summed E-state index contributed by atoms with van der Waals surface area (Å²) in [5.41, 5.74) is 2.27. The highest BCUT2D eigenvalue weighted by Gasteiger charge is 2.23. The molecule has 5 nitrogen and oxygen atoms in total. The van der Waals surface area contributed by atoms with Crippen LogP contribution in [0.1, 0.15) is 30.1 Å². The van der Waals surface area contributed by atoms with Crippen molar-refractivity contribution in [1.82, 2.24) is 19.9 Å². The highest BCUT2D eigenvalue weighted by Crippen LogP contribution is 2.27. The predicted molar refractivity (Wildman–Crippen MR) is 113 cm³/mol. The average molecular weight is 408 g/mol. The van der Waals surface area contributed by atoms with E-state index in [0.29, 0.717) is 5.82 Å². The van der Waals surface area contributed by atoms with E-state index in [1.165, 1.54) is 10.9 Å². The Morgan fingerprint density at radius 3 is 2.67 bits per heavy atom. The number of H-pyrrole nitrogens is 2. The van der Waals surface area contributed by atoms with E-state index in [2.05, 4.69) is 44.2 Å². The number of aromatic nitrogens is 3. The standard InChI is InChI=1S/C23H22F2N4O/c24-18-11-17-21(12-19(18)25)27-22(28-23(17)30)14-5-8-29(9-6-14)10-7-15-13-26-20-4-2-1-3-16(15)20/h1-4,11-14,26H,5-10H2,(H,27,28,30). The van der Waals surface area contributed by atoms with Crippen molar-refractivity contribution in [3.63, 3.8) is 0 Å². The fourth-order valence-electron chi connectivity index (χ4n) is 4.39. The molecule has 0 spiro atoms. The maximum Gasteiger partial charge on any atom is 0.258 e. The van der Waals surface area contributed by atoms with Crippen LogP contribution in [0.15, 0.2) is 47.4 Å². The highest BCUT2D eigenvalue weighted by molar-refractivity contribution is 5.83. The number of benzene rings is 2. The van der Waals surface area contributed by atoms with Crippen LogP contribution in [0.5, 0.6) is 0 Å². The van der Waals surface area contributed by atoms with E-state index in [-0.39, 0.29) is 16.8 Å². The molecule has 7 heteroatoms. The lowest BCUT2D eigenvalue weighted by Gasteiger charge is -2.31. The number of nitrogens with zero attached hydrogens (tertiary/aromatic N) is 2. The van der Waals surface area contributed by atoms with Gasteiger partial charge in [0.05, 0.1) is 10.9 Å². The van der Waals surface area contributed by atoms with Gasteiger partial charge in [0.25, 0.3) is 5.56 Å². The summed E-state index contributed by atoms with van der Waals surface area (Å²) in [4.78, 5) is 25.3. The smallest absolute Gasteiger partial charge is 0.258 e. The zero-order valence-corrected chi connectivity index (χ0v) is 16.4. The van der Waals surface area contributed by atoms with Crippen molar-refractivity contribution in [3.05, 3.63) is 76.0 Å². The molecule has 1 aliphatic heterocycles. The molecule has 2 N–H and O–H groups in total. The fraction of sp³-hybridized carbons (Fsp3) is 0.304. The Bertz CT molecular complexity index is 1270. The van der Waals surface area contributed by atoms with Crippen molar-refractivity contribution in [1.29, 1.82) is 0 Å². The summed E-state index contributed by atoms with van der Waals surface area (Å²) < 4.78 is 27.0. The van der Waals surface area contributed by atoms with Crippen LogP contribution >= 0.6 is 0 Å². The minimum Gasteiger partial charge on any atom is -0.361 e. The Morgan fingerprint density at radius 1 is 1.07 bits per heavy atom. The van der Waals surface area contributed by atoms with Gasteiger partial charge in [-0.05, 0) is 50.0 Å². The molecule has 3 heterocycles. The summed E-state index contributed by atoms with van der Waals surface area (Å²) in [5.74, 6) is -1.35. The van der Waals surface area contributed by atoms with Crippen molar-refractivity contribution in [2.45, 2.75) is 25.2 Å². The van der Waals surface area contributed by atoms with Gasteiger partial charge in [0.2, 0.25) is 0 Å². The van der Waals surface area contributed by atoms with E-state index < -0.39 is 17.2 Å². The third-order valence-electron chi connectivity index (χ3n) is 6.11. The number of likely N-dealkylation sites (tertiary alicyclic amines) is 1. The first-order chi connectivity index (χ1) is 14.6. The number of fused-ring (bicyclic) bond motifs is 2. The second kappa shape index (κ2) is 7.65. The first kappa shape index (κ1) is 18.9. The molecular formula is C23H22F2N4O. The van der Waals surface area contributed by atoms with Crippen LogP contribution in [0.2, 0.25) is 0 Å². The van der Waals surface area contributed by atoms with Crippen LogP contribution < -0.4 is 5.56 Å². The lowest BCUT2D eigenvalue weighted by Crippen LogP contribution is -2.35. The molecule has 0 amide bonds. The number of hydrogen-bond donors (Lipinski definition) is 2. The minimum absolute atomic E-state index is 0.0776. The first-order valence-electron chi connectivity index (χ1n) is 10.2. The van der Waals surface area contributed by atoms with Gasteiger partial charge in [-0.2, -0.15) is 0 Å². The van der Waals surface area contributed by atoms with Gasteiger partial charge in [0, 0.05) is 35.6 Å². The van der Waals surface area contributed by atoms with Gasteiger partial charge in [-0.25, -0.2) is 13.8 Å². The molecule has 1 saturated heterocycles. The summed E-state index contributed by atoms with van der Waals surface area (Å²) in [6.45, 7) is 2.79. The fourth-order valence-corrected chi connectivity index (χ4v) is 4.39. The second-order valence-electron chi connectivity index (χ2n) is 7.96. The van der Waals surface area contributed by atoms with E-state index in [1.807, 2.05) is 6.07 Å². The summed E-state index contributed by atoms with van der Waals surface area (Å²) in [6, 6.07) is 10.2. The van der Waals surface area contributed by atoms with Crippen LogP contribution in [-0.2, 0) is 6.42 Å². The predicted octanol–water partition coefficient (Wildman–Crippen LogP) is 4.10. The number of piperidine rings is 1. The second-order valence-corrected chi connectivity index (χ2v) is 7.96. The molecule has 0 aliphatic carbocycles. The van der Waals surface area contributed by atoms with Gasteiger partial charge in [-0.3, -0.25) is 4.79 Å². The molecule has 0 unspecified atom stereocenters. The van der Waals surface area contributed by atoms with Crippen molar-refractivity contribution in [2.24, 2.45) is 0 Å². The van der Waals surface area contributed by atoms with Gasteiger partial charge in [0.15, 0.2) is 11.6 Å². The molecular weight excluding hydrogens is 386 g/mol. The van der Waals surface area contributed by atoms with Crippen LogP contribution in [0.25, 0.3) is 21.8 Å². The van der Waals surface area contributed by atoms with Gasteiger partial charge in [-0.15, -0.1) is 0 Å². The molecule has 154 valence electrons. The van der Waals surface area contributed by atoms with E-state index in [0.717, 1.165) is 56.5 Å². The largest absolute Gasteiger partial charge is 0.361 e. The lowest BCUT2D eigenvalue weighted by molar-refractivity contribution is 0.211. The van der Waals surface area contributed by atoms with E-state index in [4.69, 9.17) is 0 Å². The highest BCUT2D eigenvalue weighted by atomic mass is 19.2. The molecule has 1 aliphatic rings. The number of para-hydroxylation sites is 1. The van der Waals surface area contributed by atoms with Crippen molar-refractivity contribution in [3.8, 4) is 0 Å². The normalized spacial score (nSPS) is 15.9. The van der Waals surface area contributed by atoms with Crippen molar-refractivity contribution < 1.29 is 8.78 Å². The molecule has 1 fully saturated rings. The number of halogens is 2. The summed E-state index contributed by atoms with van der Waals surface area (Å²) in [7, 11) is 0. The molecule has 0 radical (unpaired) electrons. The zero-order valence-electron chi connectivity index (χ0n) is 16.4. The van der Waals surface area contributed by atoms with Gasteiger partial charge in [0.1, 0.15) is 5.82 Å². The van der Waals surface area contributed by atoms with Crippen LogP contribution in [0, 0.1) is 11.6 Å². The molecule has 0 atom stereocenters. The first-order valence-corrected chi connectivity index (χ1v) is 10.2. The van der Waals surface area contributed by atoms with E-state index >= 15 is 0 Å². The Kier molecular flexibility index (Phi) is 4.83. The number of hydrogen-bond acceptors (Lipinski definition) is 3.